The molecule has 1 unspecified atom stereocenters. The molecule has 0 aliphatic carbocycles. The maximum absolute atomic E-state index is 5.74. The maximum atomic E-state index is 5.74. The van der Waals surface area contributed by atoms with Crippen LogP contribution in [-0.4, -0.2) is 25.6 Å². The lowest BCUT2D eigenvalue weighted by molar-refractivity contribution is 0.164. The van der Waals surface area contributed by atoms with E-state index in [4.69, 9.17) is 16.3 Å². The molecular formula is C12H17ClINO. The van der Waals surface area contributed by atoms with Gasteiger partial charge >= 0.3 is 0 Å². The predicted octanol–water partition coefficient (Wildman–Crippen LogP) is 3.02. The van der Waals surface area contributed by atoms with E-state index in [-0.39, 0.29) is 0 Å². The number of halogens is 2. The van der Waals surface area contributed by atoms with Crippen LogP contribution in [0.2, 0.25) is 0 Å². The Kier molecular flexibility index (Phi) is 7.36. The smallest absolute Gasteiger partial charge is 0.0616 e. The van der Waals surface area contributed by atoms with Crippen LogP contribution >= 0.6 is 34.2 Å². The zero-order valence-electron chi connectivity index (χ0n) is 9.38. The Bertz CT molecular complexity index is 286. The van der Waals surface area contributed by atoms with Crippen molar-refractivity contribution in [1.82, 2.24) is 5.32 Å². The Hall–Kier alpha value is 0.160. The summed E-state index contributed by atoms with van der Waals surface area (Å²) in [6, 6.07) is 8.84. The summed E-state index contributed by atoms with van der Waals surface area (Å²) < 4.78 is 6.40. The number of hydrogen-bond donors (Lipinski definition) is 1. The van der Waals surface area contributed by atoms with E-state index in [0.717, 1.165) is 13.0 Å². The summed E-state index contributed by atoms with van der Waals surface area (Å²) in [5.41, 5.74) is 1.29. The topological polar surface area (TPSA) is 21.3 Å². The van der Waals surface area contributed by atoms with E-state index in [1.165, 1.54) is 9.13 Å². The molecule has 0 spiro atoms. The zero-order chi connectivity index (χ0) is 11.8. The van der Waals surface area contributed by atoms with Crippen molar-refractivity contribution in [2.24, 2.45) is 0 Å². The van der Waals surface area contributed by atoms with Crippen molar-refractivity contribution in [1.29, 1.82) is 0 Å². The fourth-order valence-corrected chi connectivity index (χ4v) is 2.06. The molecule has 0 bridgehead atoms. The number of benzene rings is 1. The normalized spacial score (nSPS) is 12.7. The van der Waals surface area contributed by atoms with Crippen molar-refractivity contribution in [3.8, 4) is 0 Å². The molecule has 0 saturated carbocycles. The molecule has 1 N–H and O–H groups in total. The molecule has 0 radical (unpaired) electrons. The van der Waals surface area contributed by atoms with Crippen LogP contribution in [-0.2, 0) is 11.3 Å². The zero-order valence-corrected chi connectivity index (χ0v) is 12.3. The van der Waals surface area contributed by atoms with Crippen LogP contribution in [0.5, 0.6) is 0 Å². The van der Waals surface area contributed by atoms with Gasteiger partial charge in [-0.3, -0.25) is 0 Å². The fraction of sp³-hybridized carbons (Fsp3) is 0.500. The molecule has 0 fully saturated rings. The largest absolute Gasteiger partial charge is 0.383 e. The first-order chi connectivity index (χ1) is 7.76. The predicted molar refractivity (Wildman–Crippen MR) is 77.0 cm³/mol. The lowest BCUT2D eigenvalue weighted by atomic mass is 10.2. The summed E-state index contributed by atoms with van der Waals surface area (Å²) in [5, 5.41) is 3.45. The van der Waals surface area contributed by atoms with E-state index in [1.807, 2.05) is 0 Å². The van der Waals surface area contributed by atoms with E-state index in [9.17, 15) is 0 Å². The number of methoxy groups -OCH3 is 1. The monoisotopic (exact) mass is 353 g/mol. The first-order valence-corrected chi connectivity index (χ1v) is 6.90. The third-order valence-corrected chi connectivity index (χ3v) is 3.27. The summed E-state index contributed by atoms with van der Waals surface area (Å²) in [6.45, 7) is 1.57. The molecule has 0 aliphatic heterocycles. The van der Waals surface area contributed by atoms with Crippen molar-refractivity contribution < 1.29 is 4.74 Å². The Morgan fingerprint density at radius 3 is 2.62 bits per heavy atom. The first-order valence-electron chi connectivity index (χ1n) is 5.29. The van der Waals surface area contributed by atoms with Crippen LogP contribution in [0, 0.1) is 3.57 Å². The van der Waals surface area contributed by atoms with Crippen molar-refractivity contribution >= 4 is 34.2 Å². The quantitative estimate of drug-likeness (QED) is 0.601. The molecule has 90 valence electrons. The summed E-state index contributed by atoms with van der Waals surface area (Å²) in [4.78, 5) is 0. The minimum Gasteiger partial charge on any atom is -0.383 e. The number of nitrogens with one attached hydrogen (secondary N) is 1. The number of alkyl halides is 1. The highest BCUT2D eigenvalue weighted by Crippen LogP contribution is 2.07. The van der Waals surface area contributed by atoms with Crippen molar-refractivity contribution in [2.45, 2.75) is 19.0 Å². The first kappa shape index (κ1) is 14.2. The van der Waals surface area contributed by atoms with Gasteiger partial charge in [-0.25, -0.2) is 0 Å². The lowest BCUT2D eigenvalue weighted by Crippen LogP contribution is -2.33. The summed E-state index contributed by atoms with van der Waals surface area (Å²) >= 11 is 8.05. The van der Waals surface area contributed by atoms with Gasteiger partial charge in [-0.05, 0) is 46.7 Å². The second-order valence-corrected chi connectivity index (χ2v) is 5.26. The van der Waals surface area contributed by atoms with Gasteiger partial charge in [0.1, 0.15) is 0 Å². The van der Waals surface area contributed by atoms with E-state index in [0.29, 0.717) is 18.5 Å². The maximum Gasteiger partial charge on any atom is 0.0616 e. The Labute approximate surface area is 116 Å². The van der Waals surface area contributed by atoms with Gasteiger partial charge in [-0.2, -0.15) is 0 Å². The van der Waals surface area contributed by atoms with Crippen LogP contribution in [0.4, 0.5) is 0 Å². The highest BCUT2D eigenvalue weighted by molar-refractivity contribution is 14.1. The molecule has 1 atom stereocenters. The lowest BCUT2D eigenvalue weighted by Gasteiger charge is -2.16. The van der Waals surface area contributed by atoms with Gasteiger partial charge < -0.3 is 10.1 Å². The number of hydrogen-bond acceptors (Lipinski definition) is 2. The standard InChI is InChI=1S/C12H17ClINO/c1-16-9-12(6-7-13)15-8-10-2-4-11(14)5-3-10/h2-5,12,15H,6-9H2,1H3. The van der Waals surface area contributed by atoms with Gasteiger partial charge in [0.05, 0.1) is 6.61 Å². The van der Waals surface area contributed by atoms with E-state index in [2.05, 4.69) is 52.2 Å². The van der Waals surface area contributed by atoms with Crippen LogP contribution in [0.1, 0.15) is 12.0 Å². The Morgan fingerprint density at radius 2 is 2.06 bits per heavy atom. The highest BCUT2D eigenvalue weighted by Gasteiger charge is 2.06. The van der Waals surface area contributed by atoms with Crippen LogP contribution < -0.4 is 5.32 Å². The van der Waals surface area contributed by atoms with Crippen molar-refractivity contribution in [2.75, 3.05) is 19.6 Å². The molecule has 16 heavy (non-hydrogen) atoms. The van der Waals surface area contributed by atoms with Gasteiger partial charge in [0, 0.05) is 29.1 Å². The molecule has 0 amide bonds. The highest BCUT2D eigenvalue weighted by atomic mass is 127. The van der Waals surface area contributed by atoms with Crippen LogP contribution in [0.15, 0.2) is 24.3 Å². The van der Waals surface area contributed by atoms with Gasteiger partial charge in [0.2, 0.25) is 0 Å². The van der Waals surface area contributed by atoms with Gasteiger partial charge in [0.15, 0.2) is 0 Å². The molecule has 2 nitrogen and oxygen atoms in total. The average molecular weight is 354 g/mol. The number of rotatable bonds is 7. The fourth-order valence-electron chi connectivity index (χ4n) is 1.44. The van der Waals surface area contributed by atoms with Crippen molar-refractivity contribution in [3.63, 3.8) is 0 Å². The summed E-state index contributed by atoms with van der Waals surface area (Å²) in [6.07, 6.45) is 0.930. The van der Waals surface area contributed by atoms with Crippen LogP contribution in [0.3, 0.4) is 0 Å². The third kappa shape index (κ3) is 5.48. The SMILES string of the molecule is COCC(CCCl)NCc1ccc(I)cc1. The molecular weight excluding hydrogens is 336 g/mol. The van der Waals surface area contributed by atoms with E-state index < -0.39 is 0 Å². The third-order valence-electron chi connectivity index (χ3n) is 2.33. The summed E-state index contributed by atoms with van der Waals surface area (Å²) in [5.74, 6) is 0.660. The molecule has 0 aromatic heterocycles. The van der Waals surface area contributed by atoms with Crippen LogP contribution in [0.25, 0.3) is 0 Å². The van der Waals surface area contributed by atoms with Crippen molar-refractivity contribution in [3.05, 3.63) is 33.4 Å². The molecule has 0 saturated heterocycles. The van der Waals surface area contributed by atoms with E-state index >= 15 is 0 Å². The molecule has 0 aliphatic rings. The second-order valence-electron chi connectivity index (χ2n) is 3.64. The van der Waals surface area contributed by atoms with E-state index in [1.54, 1.807) is 7.11 Å². The van der Waals surface area contributed by atoms with Gasteiger partial charge in [-0.1, -0.05) is 12.1 Å². The second kappa shape index (κ2) is 8.28. The minimum absolute atomic E-state index is 0.335. The molecule has 0 heterocycles. The molecule has 1 rings (SSSR count). The summed E-state index contributed by atoms with van der Waals surface area (Å²) in [7, 11) is 1.72. The molecule has 4 heteroatoms. The molecule has 1 aromatic carbocycles. The Balaban J connectivity index is 2.38. The average Bonchev–Trinajstić information content (AvgIpc) is 2.29. The molecule has 1 aromatic rings. The minimum atomic E-state index is 0.335. The van der Waals surface area contributed by atoms with Gasteiger partial charge in [0.25, 0.3) is 0 Å². The Morgan fingerprint density at radius 1 is 1.38 bits per heavy atom. The number of ether oxygens (including phenoxy) is 1. The van der Waals surface area contributed by atoms with Gasteiger partial charge in [-0.15, -0.1) is 11.6 Å².